The zero-order valence-corrected chi connectivity index (χ0v) is 6.60. The summed E-state index contributed by atoms with van der Waals surface area (Å²) in [7, 11) is 0. The van der Waals surface area contributed by atoms with Crippen molar-refractivity contribution in [1.82, 2.24) is 0 Å². The molecule has 2 aliphatic carbocycles. The number of hydrogen-bond acceptors (Lipinski definition) is 1. The molecule has 2 rings (SSSR count). The summed E-state index contributed by atoms with van der Waals surface area (Å²) in [6.45, 7) is 0.913. The molecule has 0 radical (unpaired) electrons. The van der Waals surface area contributed by atoms with Crippen LogP contribution in [0.1, 0.15) is 38.5 Å². The highest BCUT2D eigenvalue weighted by Gasteiger charge is 2.47. The van der Waals surface area contributed by atoms with Gasteiger partial charge in [-0.2, -0.15) is 0 Å². The zero-order chi connectivity index (χ0) is 7.03. The molecule has 1 nitrogen and oxygen atoms in total. The van der Waals surface area contributed by atoms with Crippen LogP contribution >= 0.6 is 0 Å². The standard InChI is InChI=1S/C9H17N/c10-7-6-9(4-1-5-9)8-2-3-8/h8H,1-7,10H2. The van der Waals surface area contributed by atoms with Gasteiger partial charge in [0.1, 0.15) is 0 Å². The Morgan fingerprint density at radius 3 is 2.30 bits per heavy atom. The molecule has 0 aromatic rings. The average molecular weight is 139 g/mol. The van der Waals surface area contributed by atoms with Crippen LogP contribution in [0.2, 0.25) is 0 Å². The van der Waals surface area contributed by atoms with E-state index in [1.807, 2.05) is 0 Å². The summed E-state index contributed by atoms with van der Waals surface area (Å²) in [4.78, 5) is 0. The van der Waals surface area contributed by atoms with Crippen LogP contribution in [0.3, 0.4) is 0 Å². The van der Waals surface area contributed by atoms with Crippen molar-refractivity contribution in [2.24, 2.45) is 17.1 Å². The maximum atomic E-state index is 5.59. The second kappa shape index (κ2) is 2.23. The molecule has 0 atom stereocenters. The van der Waals surface area contributed by atoms with Crippen molar-refractivity contribution in [3.8, 4) is 0 Å². The van der Waals surface area contributed by atoms with E-state index in [1.165, 1.54) is 38.5 Å². The van der Waals surface area contributed by atoms with E-state index in [1.54, 1.807) is 0 Å². The molecule has 0 bridgehead atoms. The lowest BCUT2D eigenvalue weighted by Gasteiger charge is -2.42. The largest absolute Gasteiger partial charge is 0.330 e. The smallest absolute Gasteiger partial charge is 0.00719 e. The van der Waals surface area contributed by atoms with Crippen molar-refractivity contribution < 1.29 is 0 Å². The Balaban J connectivity index is 1.92. The van der Waals surface area contributed by atoms with Crippen LogP contribution in [0.4, 0.5) is 0 Å². The molecule has 0 spiro atoms. The third-order valence-corrected chi connectivity index (χ3v) is 3.43. The molecule has 1 heteroatoms. The fourth-order valence-corrected chi connectivity index (χ4v) is 2.48. The Morgan fingerprint density at radius 2 is 2.00 bits per heavy atom. The predicted molar refractivity (Wildman–Crippen MR) is 42.7 cm³/mol. The van der Waals surface area contributed by atoms with Gasteiger partial charge in [0.05, 0.1) is 0 Å². The molecule has 2 fully saturated rings. The first-order valence-corrected chi connectivity index (χ1v) is 4.57. The molecular formula is C9H17N. The van der Waals surface area contributed by atoms with E-state index in [-0.39, 0.29) is 0 Å². The maximum Gasteiger partial charge on any atom is -0.00719 e. The summed E-state index contributed by atoms with van der Waals surface area (Å²) in [6.07, 6.45) is 8.73. The third-order valence-electron chi connectivity index (χ3n) is 3.43. The van der Waals surface area contributed by atoms with Gasteiger partial charge in [-0.05, 0) is 50.0 Å². The van der Waals surface area contributed by atoms with E-state index >= 15 is 0 Å². The molecule has 0 aliphatic heterocycles. The van der Waals surface area contributed by atoms with Gasteiger partial charge in [-0.15, -0.1) is 0 Å². The summed E-state index contributed by atoms with van der Waals surface area (Å²) in [5.41, 5.74) is 6.35. The number of nitrogens with two attached hydrogens (primary N) is 1. The monoisotopic (exact) mass is 139 g/mol. The molecule has 0 saturated heterocycles. The molecule has 2 saturated carbocycles. The average Bonchev–Trinajstić information content (AvgIpc) is 2.60. The summed E-state index contributed by atoms with van der Waals surface area (Å²) >= 11 is 0. The van der Waals surface area contributed by atoms with Crippen molar-refractivity contribution in [1.29, 1.82) is 0 Å². The first-order valence-electron chi connectivity index (χ1n) is 4.57. The van der Waals surface area contributed by atoms with Crippen LogP contribution in [0, 0.1) is 11.3 Å². The summed E-state index contributed by atoms with van der Waals surface area (Å²) in [6, 6.07) is 0. The lowest BCUT2D eigenvalue weighted by atomic mass is 9.63. The minimum atomic E-state index is 0.759. The Bertz CT molecular complexity index is 123. The van der Waals surface area contributed by atoms with E-state index < -0.39 is 0 Å². The van der Waals surface area contributed by atoms with Gasteiger partial charge in [0.15, 0.2) is 0 Å². The van der Waals surface area contributed by atoms with Gasteiger partial charge in [0.2, 0.25) is 0 Å². The number of rotatable bonds is 3. The molecule has 0 heterocycles. The van der Waals surface area contributed by atoms with Crippen molar-refractivity contribution in [3.63, 3.8) is 0 Å². The highest BCUT2D eigenvalue weighted by atomic mass is 14.6. The van der Waals surface area contributed by atoms with Crippen molar-refractivity contribution in [3.05, 3.63) is 0 Å². The van der Waals surface area contributed by atoms with Gasteiger partial charge in [-0.1, -0.05) is 6.42 Å². The van der Waals surface area contributed by atoms with E-state index in [4.69, 9.17) is 5.73 Å². The van der Waals surface area contributed by atoms with Gasteiger partial charge in [0, 0.05) is 0 Å². The predicted octanol–water partition coefficient (Wildman–Crippen LogP) is 1.92. The molecule has 2 aliphatic rings. The summed E-state index contributed by atoms with van der Waals surface area (Å²) in [5, 5.41) is 0. The van der Waals surface area contributed by atoms with Crippen molar-refractivity contribution in [2.45, 2.75) is 38.5 Å². The SMILES string of the molecule is NCCC1(C2CC2)CCC1. The lowest BCUT2D eigenvalue weighted by molar-refractivity contribution is 0.0917. The van der Waals surface area contributed by atoms with E-state index in [2.05, 4.69) is 0 Å². The minimum Gasteiger partial charge on any atom is -0.330 e. The quantitative estimate of drug-likeness (QED) is 0.635. The van der Waals surface area contributed by atoms with Gasteiger partial charge < -0.3 is 5.73 Å². The van der Waals surface area contributed by atoms with Gasteiger partial charge in [0.25, 0.3) is 0 Å². The summed E-state index contributed by atoms with van der Waals surface area (Å²) < 4.78 is 0. The highest BCUT2D eigenvalue weighted by molar-refractivity contribution is 4.99. The van der Waals surface area contributed by atoms with Crippen molar-refractivity contribution in [2.75, 3.05) is 6.54 Å². The normalized spacial score (nSPS) is 29.7. The maximum absolute atomic E-state index is 5.59. The summed E-state index contributed by atoms with van der Waals surface area (Å²) in [5.74, 6) is 1.09. The molecule has 0 amide bonds. The Morgan fingerprint density at radius 1 is 1.30 bits per heavy atom. The van der Waals surface area contributed by atoms with E-state index in [0.29, 0.717) is 0 Å². The van der Waals surface area contributed by atoms with Crippen LogP contribution in [-0.2, 0) is 0 Å². The van der Waals surface area contributed by atoms with Crippen LogP contribution in [-0.4, -0.2) is 6.54 Å². The van der Waals surface area contributed by atoms with Crippen LogP contribution in [0.25, 0.3) is 0 Å². The molecule has 0 unspecified atom stereocenters. The number of hydrogen-bond donors (Lipinski definition) is 1. The van der Waals surface area contributed by atoms with Gasteiger partial charge in [-0.25, -0.2) is 0 Å². The first-order chi connectivity index (χ1) is 4.87. The topological polar surface area (TPSA) is 26.0 Å². The Hall–Kier alpha value is -0.0400. The van der Waals surface area contributed by atoms with Crippen LogP contribution < -0.4 is 5.73 Å². The third kappa shape index (κ3) is 0.878. The molecule has 0 aromatic heterocycles. The minimum absolute atomic E-state index is 0.759. The molecule has 58 valence electrons. The molecule has 10 heavy (non-hydrogen) atoms. The van der Waals surface area contributed by atoms with Gasteiger partial charge in [-0.3, -0.25) is 0 Å². The molecular weight excluding hydrogens is 122 g/mol. The Labute approximate surface area is 63.0 Å². The zero-order valence-electron chi connectivity index (χ0n) is 6.60. The van der Waals surface area contributed by atoms with Crippen LogP contribution in [0.15, 0.2) is 0 Å². The fraction of sp³-hybridized carbons (Fsp3) is 1.00. The highest BCUT2D eigenvalue weighted by Crippen LogP contribution is 2.58. The molecule has 2 N–H and O–H groups in total. The fourth-order valence-electron chi connectivity index (χ4n) is 2.48. The lowest BCUT2D eigenvalue weighted by Crippen LogP contribution is -2.33. The van der Waals surface area contributed by atoms with Crippen molar-refractivity contribution >= 4 is 0 Å². The van der Waals surface area contributed by atoms with E-state index in [0.717, 1.165) is 17.9 Å². The second-order valence-corrected chi connectivity index (χ2v) is 4.03. The van der Waals surface area contributed by atoms with Crippen LogP contribution in [0.5, 0.6) is 0 Å². The second-order valence-electron chi connectivity index (χ2n) is 4.03. The first kappa shape index (κ1) is 6.66. The van der Waals surface area contributed by atoms with Gasteiger partial charge >= 0.3 is 0 Å². The van der Waals surface area contributed by atoms with E-state index in [9.17, 15) is 0 Å². The Kier molecular flexibility index (Phi) is 1.48. The molecule has 0 aromatic carbocycles.